The van der Waals surface area contributed by atoms with Gasteiger partial charge in [-0.15, -0.1) is 12.4 Å². The van der Waals surface area contributed by atoms with Crippen LogP contribution in [0.3, 0.4) is 0 Å². The number of hydrogen-bond acceptors (Lipinski definition) is 5. The van der Waals surface area contributed by atoms with Crippen LogP contribution < -0.4 is 10.6 Å². The third kappa shape index (κ3) is 4.02. The number of nitrogens with one attached hydrogen (secondary N) is 2. The molecule has 0 saturated carbocycles. The summed E-state index contributed by atoms with van der Waals surface area (Å²) in [6.07, 6.45) is 1.77. The smallest absolute Gasteiger partial charge is 0.246 e. The molecule has 1 atom stereocenters. The van der Waals surface area contributed by atoms with Crippen molar-refractivity contribution in [3.05, 3.63) is 35.7 Å². The van der Waals surface area contributed by atoms with E-state index in [0.717, 1.165) is 31.5 Å². The molecular weight excluding hydrogens is 330 g/mol. The van der Waals surface area contributed by atoms with Crippen LogP contribution >= 0.6 is 12.4 Å². The van der Waals surface area contributed by atoms with Crippen molar-refractivity contribution in [3.63, 3.8) is 0 Å². The average Bonchev–Trinajstić information content (AvgIpc) is 3.19. The number of carbonyl (C=O) groups excluding carboxylic acids is 1. The molecule has 0 spiro atoms. The van der Waals surface area contributed by atoms with E-state index in [2.05, 4.69) is 20.8 Å². The Hall–Kier alpha value is -2.06. The van der Waals surface area contributed by atoms with Gasteiger partial charge >= 0.3 is 0 Å². The Balaban J connectivity index is 0.00000192. The highest BCUT2D eigenvalue weighted by Gasteiger charge is 2.22. The summed E-state index contributed by atoms with van der Waals surface area (Å²) in [7, 11) is 0. The van der Waals surface area contributed by atoms with Crippen molar-refractivity contribution in [1.82, 2.24) is 20.8 Å². The van der Waals surface area contributed by atoms with Gasteiger partial charge in [-0.1, -0.05) is 5.16 Å². The van der Waals surface area contributed by atoms with Gasteiger partial charge in [-0.2, -0.15) is 4.98 Å². The Kier molecular flexibility index (Phi) is 5.62. The van der Waals surface area contributed by atoms with Crippen LogP contribution in [-0.4, -0.2) is 28.6 Å². The molecule has 1 fully saturated rings. The van der Waals surface area contributed by atoms with E-state index in [4.69, 9.17) is 4.52 Å². The maximum atomic E-state index is 13.2. The molecule has 2 aromatic rings. The number of rotatable bonds is 4. The van der Waals surface area contributed by atoms with E-state index >= 15 is 0 Å². The molecule has 0 radical (unpaired) electrons. The summed E-state index contributed by atoms with van der Waals surface area (Å²) >= 11 is 0. The van der Waals surface area contributed by atoms with Crippen LogP contribution in [0.1, 0.15) is 18.7 Å². The van der Waals surface area contributed by atoms with E-state index in [0.29, 0.717) is 5.56 Å². The van der Waals surface area contributed by atoms with Crippen molar-refractivity contribution >= 4 is 18.3 Å². The van der Waals surface area contributed by atoms with Gasteiger partial charge in [0, 0.05) is 5.56 Å². The molecule has 1 aromatic carbocycles. The highest BCUT2D eigenvalue weighted by molar-refractivity contribution is 5.85. The van der Waals surface area contributed by atoms with Crippen molar-refractivity contribution in [2.45, 2.75) is 25.4 Å². The molecule has 6 nitrogen and oxygen atoms in total. The fourth-order valence-corrected chi connectivity index (χ4v) is 2.27. The summed E-state index contributed by atoms with van der Waals surface area (Å²) in [5.74, 6) is -1.70. The molecule has 0 bridgehead atoms. The minimum absolute atomic E-state index is 0. The number of amides is 1. The standard InChI is InChI=1S/C14H14F2N4O2.ClH/c15-9-4-3-8(6-10(9)16)13-19-12(22-20-13)7-18-14(21)11-2-1-5-17-11;/h3-4,6,11,17H,1-2,5,7H2,(H,18,21);1H. The van der Waals surface area contributed by atoms with E-state index in [-0.39, 0.29) is 42.6 Å². The zero-order chi connectivity index (χ0) is 15.5. The fourth-order valence-electron chi connectivity index (χ4n) is 2.27. The predicted octanol–water partition coefficient (Wildman–Crippen LogP) is 1.80. The number of benzene rings is 1. The Morgan fingerprint density at radius 3 is 2.91 bits per heavy atom. The molecule has 1 amide bonds. The Morgan fingerprint density at radius 1 is 1.39 bits per heavy atom. The molecule has 3 rings (SSSR count). The molecule has 1 saturated heterocycles. The average molecular weight is 345 g/mol. The first-order chi connectivity index (χ1) is 10.6. The quantitative estimate of drug-likeness (QED) is 0.884. The maximum absolute atomic E-state index is 13.2. The summed E-state index contributed by atoms with van der Waals surface area (Å²) in [6, 6.07) is 3.15. The van der Waals surface area contributed by atoms with E-state index in [1.54, 1.807) is 0 Å². The lowest BCUT2D eigenvalue weighted by Gasteiger charge is -2.08. The molecule has 1 unspecified atom stereocenters. The SMILES string of the molecule is Cl.O=C(NCc1nc(-c2ccc(F)c(F)c2)no1)C1CCCN1. The van der Waals surface area contributed by atoms with E-state index in [1.807, 2.05) is 0 Å². The van der Waals surface area contributed by atoms with Gasteiger partial charge < -0.3 is 15.2 Å². The van der Waals surface area contributed by atoms with E-state index in [1.165, 1.54) is 6.07 Å². The first kappa shape index (κ1) is 17.3. The van der Waals surface area contributed by atoms with E-state index in [9.17, 15) is 13.6 Å². The topological polar surface area (TPSA) is 80.1 Å². The molecule has 1 aliphatic rings. The van der Waals surface area contributed by atoms with Gasteiger partial charge in [0.25, 0.3) is 0 Å². The minimum Gasteiger partial charge on any atom is -0.346 e. The highest BCUT2D eigenvalue weighted by Crippen LogP contribution is 2.18. The molecule has 1 aliphatic heterocycles. The number of halogens is 3. The predicted molar refractivity (Wildman–Crippen MR) is 79.8 cm³/mol. The number of nitrogens with zero attached hydrogens (tertiary/aromatic N) is 2. The van der Waals surface area contributed by atoms with Crippen molar-refractivity contribution in [1.29, 1.82) is 0 Å². The van der Waals surface area contributed by atoms with Crippen molar-refractivity contribution in [2.24, 2.45) is 0 Å². The third-order valence-corrected chi connectivity index (χ3v) is 3.44. The monoisotopic (exact) mass is 344 g/mol. The molecule has 2 heterocycles. The number of aromatic nitrogens is 2. The van der Waals surface area contributed by atoms with Crippen LogP contribution in [-0.2, 0) is 11.3 Å². The zero-order valence-electron chi connectivity index (χ0n) is 12.0. The van der Waals surface area contributed by atoms with Crippen molar-refractivity contribution in [2.75, 3.05) is 6.54 Å². The molecule has 124 valence electrons. The van der Waals surface area contributed by atoms with E-state index < -0.39 is 11.6 Å². The lowest BCUT2D eigenvalue weighted by atomic mass is 10.2. The van der Waals surface area contributed by atoms with Crippen molar-refractivity contribution in [3.8, 4) is 11.4 Å². The van der Waals surface area contributed by atoms with Crippen LogP contribution in [0.5, 0.6) is 0 Å². The molecule has 23 heavy (non-hydrogen) atoms. The second kappa shape index (κ2) is 7.47. The highest BCUT2D eigenvalue weighted by atomic mass is 35.5. The Labute approximate surface area is 137 Å². The van der Waals surface area contributed by atoms with Crippen LogP contribution in [0.25, 0.3) is 11.4 Å². The second-order valence-electron chi connectivity index (χ2n) is 5.01. The molecule has 9 heteroatoms. The van der Waals surface area contributed by atoms with Crippen molar-refractivity contribution < 1.29 is 18.1 Å². The summed E-state index contributed by atoms with van der Waals surface area (Å²) < 4.78 is 31.0. The van der Waals surface area contributed by atoms with Gasteiger partial charge in [0.15, 0.2) is 11.6 Å². The molecule has 0 aliphatic carbocycles. The maximum Gasteiger partial charge on any atom is 0.246 e. The largest absolute Gasteiger partial charge is 0.346 e. The first-order valence-corrected chi connectivity index (χ1v) is 6.92. The first-order valence-electron chi connectivity index (χ1n) is 6.92. The summed E-state index contributed by atoms with van der Waals surface area (Å²) in [6.45, 7) is 0.923. The fraction of sp³-hybridized carbons (Fsp3) is 0.357. The summed E-state index contributed by atoms with van der Waals surface area (Å²) in [5, 5.41) is 9.46. The third-order valence-electron chi connectivity index (χ3n) is 3.44. The molecule has 1 aromatic heterocycles. The van der Waals surface area contributed by atoms with Crippen LogP contribution in [0.4, 0.5) is 8.78 Å². The van der Waals surface area contributed by atoms with Crippen LogP contribution in [0, 0.1) is 11.6 Å². The van der Waals surface area contributed by atoms with Gasteiger partial charge in [0.2, 0.25) is 17.6 Å². The minimum atomic E-state index is -0.982. The van der Waals surface area contributed by atoms with Gasteiger partial charge in [-0.25, -0.2) is 8.78 Å². The second-order valence-corrected chi connectivity index (χ2v) is 5.01. The Bertz CT molecular complexity index is 689. The lowest BCUT2D eigenvalue weighted by Crippen LogP contribution is -2.40. The lowest BCUT2D eigenvalue weighted by molar-refractivity contribution is -0.123. The van der Waals surface area contributed by atoms with Gasteiger partial charge in [0.05, 0.1) is 12.6 Å². The normalized spacial score (nSPS) is 16.9. The van der Waals surface area contributed by atoms with Gasteiger partial charge in [0.1, 0.15) is 0 Å². The zero-order valence-corrected chi connectivity index (χ0v) is 12.8. The molecular formula is C14H15ClF2N4O2. The summed E-state index contributed by atoms with van der Waals surface area (Å²) in [5.41, 5.74) is 0.303. The Morgan fingerprint density at radius 2 is 2.22 bits per heavy atom. The number of carbonyl (C=O) groups is 1. The van der Waals surface area contributed by atoms with Gasteiger partial charge in [-0.05, 0) is 37.6 Å². The van der Waals surface area contributed by atoms with Gasteiger partial charge in [-0.3, -0.25) is 4.79 Å². The summed E-state index contributed by atoms with van der Waals surface area (Å²) in [4.78, 5) is 15.9. The van der Waals surface area contributed by atoms with Crippen LogP contribution in [0.2, 0.25) is 0 Å². The molecule has 2 N–H and O–H groups in total. The number of hydrogen-bond donors (Lipinski definition) is 2. The van der Waals surface area contributed by atoms with Crippen LogP contribution in [0.15, 0.2) is 22.7 Å².